The van der Waals surface area contributed by atoms with Crippen molar-refractivity contribution in [3.63, 3.8) is 0 Å². The standard InChI is InChI=1S/C21H25N3O4.C6H15N/c1-21(2,3)18(13-25)23-20(28)17(10-19(26)27)24-9-8-16(12-24)15-6-4-14(11-22)5-7-15;1-4-7(5-2)6-3/h4-9,12,17-18,25H,10,13H2,1-3H3,(H,23,28)(H,26,27);4-6H2,1-3H3/t17-,18-;/m1./s1. The summed E-state index contributed by atoms with van der Waals surface area (Å²) in [6, 6.07) is 9.40. The number of carbonyl (C=O) groups is 2. The van der Waals surface area contributed by atoms with Crippen molar-refractivity contribution in [1.29, 1.82) is 5.26 Å². The molecule has 1 heterocycles. The lowest BCUT2D eigenvalue weighted by Gasteiger charge is -2.31. The number of aromatic nitrogens is 1. The number of hydrogen-bond acceptors (Lipinski definition) is 5. The predicted octanol–water partition coefficient (Wildman–Crippen LogP) is 3.91. The minimum atomic E-state index is -1.09. The molecule has 1 aromatic heterocycles. The Hall–Kier alpha value is -3.15. The van der Waals surface area contributed by atoms with Gasteiger partial charge >= 0.3 is 5.97 Å². The molecule has 8 heteroatoms. The zero-order valence-electron chi connectivity index (χ0n) is 21.8. The minimum Gasteiger partial charge on any atom is -0.481 e. The number of carboxylic acids is 1. The molecule has 0 spiro atoms. The zero-order chi connectivity index (χ0) is 26.6. The Morgan fingerprint density at radius 3 is 2.03 bits per heavy atom. The van der Waals surface area contributed by atoms with E-state index in [4.69, 9.17) is 5.26 Å². The van der Waals surface area contributed by atoms with Gasteiger partial charge in [0.2, 0.25) is 5.91 Å². The van der Waals surface area contributed by atoms with Crippen molar-refractivity contribution in [3.05, 3.63) is 48.3 Å². The largest absolute Gasteiger partial charge is 0.481 e. The number of nitrogens with zero attached hydrogens (tertiary/aromatic N) is 3. The van der Waals surface area contributed by atoms with Crippen molar-refractivity contribution in [1.82, 2.24) is 14.8 Å². The number of carboxylic acid groups (broad SMARTS) is 1. The second-order valence-corrected chi connectivity index (χ2v) is 9.38. The van der Waals surface area contributed by atoms with E-state index in [2.05, 4.69) is 37.1 Å². The Bertz CT molecular complexity index is 961. The van der Waals surface area contributed by atoms with E-state index >= 15 is 0 Å². The lowest BCUT2D eigenvalue weighted by molar-refractivity contribution is -0.141. The molecule has 0 aliphatic rings. The summed E-state index contributed by atoms with van der Waals surface area (Å²) in [4.78, 5) is 26.5. The van der Waals surface area contributed by atoms with Gasteiger partial charge in [-0.1, -0.05) is 53.7 Å². The van der Waals surface area contributed by atoms with Crippen LogP contribution in [-0.4, -0.2) is 63.8 Å². The molecular weight excluding hydrogens is 444 g/mol. The summed E-state index contributed by atoms with van der Waals surface area (Å²) in [5.41, 5.74) is 1.84. The van der Waals surface area contributed by atoms with Gasteiger partial charge in [0.15, 0.2) is 0 Å². The first-order valence-electron chi connectivity index (χ1n) is 12.0. The monoisotopic (exact) mass is 484 g/mol. The topological polar surface area (TPSA) is 119 Å². The Labute approximate surface area is 209 Å². The van der Waals surface area contributed by atoms with E-state index in [0.717, 1.165) is 11.1 Å². The Morgan fingerprint density at radius 2 is 1.63 bits per heavy atom. The van der Waals surface area contributed by atoms with Crippen LogP contribution in [0.5, 0.6) is 0 Å². The van der Waals surface area contributed by atoms with E-state index in [-0.39, 0.29) is 18.4 Å². The van der Waals surface area contributed by atoms with Crippen LogP contribution in [-0.2, 0) is 9.59 Å². The molecule has 3 N–H and O–H groups in total. The number of hydrogen-bond donors (Lipinski definition) is 3. The normalized spacial score (nSPS) is 12.8. The number of aliphatic hydroxyl groups excluding tert-OH is 1. The molecule has 1 aromatic carbocycles. The van der Waals surface area contributed by atoms with Crippen molar-refractivity contribution in [2.75, 3.05) is 26.2 Å². The van der Waals surface area contributed by atoms with Gasteiger partial charge in [0, 0.05) is 12.4 Å². The first kappa shape index (κ1) is 29.9. The van der Waals surface area contributed by atoms with Crippen molar-refractivity contribution in [2.24, 2.45) is 5.41 Å². The quantitative estimate of drug-likeness (QED) is 0.470. The molecule has 1 amide bonds. The molecule has 2 atom stereocenters. The fourth-order valence-corrected chi connectivity index (χ4v) is 3.49. The molecule has 0 saturated carbocycles. The number of amides is 1. The maximum atomic E-state index is 12.8. The third-order valence-electron chi connectivity index (χ3n) is 5.98. The van der Waals surface area contributed by atoms with Crippen molar-refractivity contribution >= 4 is 11.9 Å². The van der Waals surface area contributed by atoms with Gasteiger partial charge in [0.1, 0.15) is 6.04 Å². The molecule has 0 saturated heterocycles. The SMILES string of the molecule is CC(C)(C)[C@@H](CO)NC(=O)[C@@H](CC(=O)O)n1ccc(-c2ccc(C#N)cc2)c1.CCN(CC)CC. The zero-order valence-corrected chi connectivity index (χ0v) is 21.8. The molecule has 2 aromatic rings. The Morgan fingerprint density at radius 1 is 1.06 bits per heavy atom. The highest BCUT2D eigenvalue weighted by molar-refractivity contribution is 5.85. The molecule has 8 nitrogen and oxygen atoms in total. The van der Waals surface area contributed by atoms with Gasteiger partial charge in [0.25, 0.3) is 0 Å². The number of aliphatic carboxylic acids is 1. The number of benzene rings is 1. The van der Waals surface area contributed by atoms with Gasteiger partial charge in [-0.15, -0.1) is 0 Å². The molecule has 35 heavy (non-hydrogen) atoms. The van der Waals surface area contributed by atoms with Crippen LogP contribution in [0.15, 0.2) is 42.7 Å². The number of rotatable bonds is 10. The summed E-state index contributed by atoms with van der Waals surface area (Å²) in [7, 11) is 0. The van der Waals surface area contributed by atoms with Crippen LogP contribution in [0, 0.1) is 16.7 Å². The fraction of sp³-hybridized carbons (Fsp3) is 0.519. The van der Waals surface area contributed by atoms with Crippen LogP contribution in [0.2, 0.25) is 0 Å². The summed E-state index contributed by atoms with van der Waals surface area (Å²) in [6.45, 7) is 15.5. The van der Waals surface area contributed by atoms with Crippen LogP contribution in [0.4, 0.5) is 0 Å². The highest BCUT2D eigenvalue weighted by atomic mass is 16.4. The van der Waals surface area contributed by atoms with Gasteiger partial charge < -0.3 is 25.0 Å². The van der Waals surface area contributed by atoms with Crippen LogP contribution in [0.25, 0.3) is 11.1 Å². The smallest absolute Gasteiger partial charge is 0.306 e. The van der Waals surface area contributed by atoms with E-state index in [0.29, 0.717) is 5.56 Å². The molecule has 0 radical (unpaired) electrons. The van der Waals surface area contributed by atoms with Gasteiger partial charge in [-0.05, 0) is 54.4 Å². The fourth-order valence-electron chi connectivity index (χ4n) is 3.49. The molecular formula is C27H40N4O4. The molecule has 0 bridgehead atoms. The number of nitriles is 1. The van der Waals surface area contributed by atoms with E-state index < -0.39 is 24.0 Å². The lowest BCUT2D eigenvalue weighted by atomic mass is 9.87. The van der Waals surface area contributed by atoms with E-state index in [9.17, 15) is 19.8 Å². The lowest BCUT2D eigenvalue weighted by Crippen LogP contribution is -2.48. The van der Waals surface area contributed by atoms with Gasteiger partial charge in [-0.25, -0.2) is 0 Å². The van der Waals surface area contributed by atoms with Crippen LogP contribution in [0.3, 0.4) is 0 Å². The summed E-state index contributed by atoms with van der Waals surface area (Å²) >= 11 is 0. The van der Waals surface area contributed by atoms with E-state index in [1.54, 1.807) is 47.3 Å². The molecule has 0 aliphatic heterocycles. The number of nitrogens with one attached hydrogen (secondary N) is 1. The number of aliphatic hydroxyl groups is 1. The minimum absolute atomic E-state index is 0.239. The second-order valence-electron chi connectivity index (χ2n) is 9.38. The summed E-state index contributed by atoms with van der Waals surface area (Å²) in [5.74, 6) is -1.55. The van der Waals surface area contributed by atoms with E-state index in [1.165, 1.54) is 19.6 Å². The molecule has 2 rings (SSSR count). The summed E-state index contributed by atoms with van der Waals surface area (Å²) in [6.07, 6.45) is 2.99. The highest BCUT2D eigenvalue weighted by Crippen LogP contribution is 2.25. The van der Waals surface area contributed by atoms with Gasteiger partial charge in [-0.2, -0.15) is 5.26 Å². The van der Waals surface area contributed by atoms with Crippen LogP contribution in [0.1, 0.15) is 59.6 Å². The summed E-state index contributed by atoms with van der Waals surface area (Å²) in [5, 5.41) is 30.5. The summed E-state index contributed by atoms with van der Waals surface area (Å²) < 4.78 is 1.56. The molecule has 0 fully saturated rings. The maximum Gasteiger partial charge on any atom is 0.306 e. The van der Waals surface area contributed by atoms with Crippen LogP contribution < -0.4 is 5.32 Å². The third-order valence-corrected chi connectivity index (χ3v) is 5.98. The predicted molar refractivity (Wildman–Crippen MR) is 138 cm³/mol. The Kier molecular flexibility index (Phi) is 12.2. The van der Waals surface area contributed by atoms with Crippen LogP contribution >= 0.6 is 0 Å². The second kappa shape index (κ2) is 14.3. The first-order chi connectivity index (χ1) is 16.5. The highest BCUT2D eigenvalue weighted by Gasteiger charge is 2.30. The molecule has 0 unspecified atom stereocenters. The van der Waals surface area contributed by atoms with Crippen molar-refractivity contribution in [2.45, 2.75) is 60.0 Å². The van der Waals surface area contributed by atoms with Gasteiger partial charge in [-0.3, -0.25) is 9.59 Å². The van der Waals surface area contributed by atoms with E-state index in [1.807, 2.05) is 20.8 Å². The molecule has 192 valence electrons. The van der Waals surface area contributed by atoms with Crippen molar-refractivity contribution in [3.8, 4) is 17.2 Å². The third kappa shape index (κ3) is 9.55. The van der Waals surface area contributed by atoms with Gasteiger partial charge in [0.05, 0.1) is 30.7 Å². The Balaban J connectivity index is 0.000000762. The maximum absolute atomic E-state index is 12.8. The first-order valence-corrected chi connectivity index (χ1v) is 12.0. The molecule has 0 aliphatic carbocycles. The number of carbonyl (C=O) groups excluding carboxylic acids is 1. The average Bonchev–Trinajstić information content (AvgIpc) is 3.31. The van der Waals surface area contributed by atoms with Crippen molar-refractivity contribution < 1.29 is 19.8 Å². The average molecular weight is 485 g/mol.